The molecule has 5 nitrogen and oxygen atoms in total. The Morgan fingerprint density at radius 2 is 1.85 bits per heavy atom. The van der Waals surface area contributed by atoms with Crippen LogP contribution in [0.25, 0.3) is 11.0 Å². The summed E-state index contributed by atoms with van der Waals surface area (Å²) in [5.41, 5.74) is 2.74. The van der Waals surface area contributed by atoms with E-state index in [2.05, 4.69) is 15.6 Å². The van der Waals surface area contributed by atoms with E-state index in [-0.39, 0.29) is 0 Å². The molecule has 2 aromatic carbocycles. The Labute approximate surface area is 164 Å². The van der Waals surface area contributed by atoms with Crippen LogP contribution < -0.4 is 0 Å². The molecule has 3 aromatic rings. The van der Waals surface area contributed by atoms with Gasteiger partial charge in [0, 0.05) is 24.7 Å². The van der Waals surface area contributed by atoms with Crippen molar-refractivity contribution >= 4 is 32.7 Å². The van der Waals surface area contributed by atoms with Crippen LogP contribution in [-0.2, 0) is 16.6 Å². The highest BCUT2D eigenvalue weighted by molar-refractivity contribution is 7.89. The summed E-state index contributed by atoms with van der Waals surface area (Å²) in [6.07, 6.45) is 3.56. The van der Waals surface area contributed by atoms with Crippen molar-refractivity contribution in [2.45, 2.75) is 31.2 Å². The van der Waals surface area contributed by atoms with E-state index in [0.717, 1.165) is 30.4 Å². The Morgan fingerprint density at radius 1 is 1.11 bits per heavy atom. The van der Waals surface area contributed by atoms with Crippen molar-refractivity contribution in [3.8, 4) is 0 Å². The van der Waals surface area contributed by atoms with Gasteiger partial charge in [-0.15, -0.1) is 0 Å². The van der Waals surface area contributed by atoms with Gasteiger partial charge in [-0.2, -0.15) is 4.31 Å². The molecular weight excluding hydrogens is 382 g/mol. The van der Waals surface area contributed by atoms with Crippen LogP contribution in [0.5, 0.6) is 0 Å². The lowest BCUT2D eigenvalue weighted by molar-refractivity contribution is 0.254. The number of rotatable bonds is 4. The zero-order valence-corrected chi connectivity index (χ0v) is 16.7. The number of aromatic nitrogens is 2. The summed E-state index contributed by atoms with van der Waals surface area (Å²) in [5.74, 6) is 0.439. The lowest BCUT2D eigenvalue weighted by Gasteiger charge is -2.31. The first-order valence-corrected chi connectivity index (χ1v) is 10.9. The third kappa shape index (κ3) is 3.49. The molecule has 1 aliphatic rings. The molecule has 27 heavy (non-hydrogen) atoms. The molecule has 0 unspecified atom stereocenters. The molecule has 1 saturated heterocycles. The van der Waals surface area contributed by atoms with E-state index >= 15 is 0 Å². The van der Waals surface area contributed by atoms with Crippen molar-refractivity contribution in [3.63, 3.8) is 0 Å². The molecule has 0 atom stereocenters. The van der Waals surface area contributed by atoms with E-state index in [1.165, 1.54) is 0 Å². The fourth-order valence-electron chi connectivity index (χ4n) is 3.77. The van der Waals surface area contributed by atoms with Crippen LogP contribution >= 0.6 is 11.6 Å². The Morgan fingerprint density at radius 3 is 2.63 bits per heavy atom. The van der Waals surface area contributed by atoms with Gasteiger partial charge in [-0.05, 0) is 55.5 Å². The third-order valence-corrected chi connectivity index (χ3v) is 7.84. The van der Waals surface area contributed by atoms with Gasteiger partial charge < -0.3 is 4.57 Å². The number of sulfonamides is 1. The summed E-state index contributed by atoms with van der Waals surface area (Å²) in [4.78, 5) is 4.75. The maximum absolute atomic E-state index is 13.0. The van der Waals surface area contributed by atoms with Gasteiger partial charge in [-0.3, -0.25) is 0 Å². The van der Waals surface area contributed by atoms with E-state index in [4.69, 9.17) is 11.6 Å². The van der Waals surface area contributed by atoms with Crippen LogP contribution in [0.2, 0.25) is 5.02 Å². The predicted molar refractivity (Wildman–Crippen MR) is 107 cm³/mol. The molecule has 7 heteroatoms. The molecule has 0 bridgehead atoms. The number of benzene rings is 2. The summed E-state index contributed by atoms with van der Waals surface area (Å²) >= 11 is 6.12. The van der Waals surface area contributed by atoms with Gasteiger partial charge >= 0.3 is 0 Å². The standard InChI is InChI=1S/C20H22ClN3O2S/c1-15-17(21)5-4-8-20(15)27(25,26)24-11-9-16(10-12-24)13-23-14-22-18-6-2-3-7-19(18)23/h2-8,14,16H,9-13H2,1H3. The highest BCUT2D eigenvalue weighted by Crippen LogP contribution is 2.29. The molecule has 1 aliphatic heterocycles. The number of nitrogens with zero attached hydrogens (tertiary/aromatic N) is 3. The molecule has 2 heterocycles. The van der Waals surface area contributed by atoms with Crippen LogP contribution in [0.3, 0.4) is 0 Å². The summed E-state index contributed by atoms with van der Waals surface area (Å²) < 4.78 is 29.8. The quantitative estimate of drug-likeness (QED) is 0.659. The average Bonchev–Trinajstić information content (AvgIpc) is 3.07. The topological polar surface area (TPSA) is 55.2 Å². The highest BCUT2D eigenvalue weighted by Gasteiger charge is 2.31. The molecule has 0 saturated carbocycles. The SMILES string of the molecule is Cc1c(Cl)cccc1S(=O)(=O)N1CCC(Cn2cnc3ccccc32)CC1. The van der Waals surface area contributed by atoms with E-state index in [0.29, 0.717) is 34.5 Å². The van der Waals surface area contributed by atoms with Gasteiger partial charge in [0.05, 0.1) is 22.3 Å². The van der Waals surface area contributed by atoms with Crippen molar-refractivity contribution < 1.29 is 8.42 Å². The minimum absolute atomic E-state index is 0.314. The fourth-order valence-corrected chi connectivity index (χ4v) is 5.72. The van der Waals surface area contributed by atoms with Crippen LogP contribution in [0.15, 0.2) is 53.7 Å². The first kappa shape index (κ1) is 18.5. The van der Waals surface area contributed by atoms with Gasteiger partial charge in [-0.1, -0.05) is 29.8 Å². The number of imidazole rings is 1. The van der Waals surface area contributed by atoms with Crippen LogP contribution in [-0.4, -0.2) is 35.4 Å². The molecular formula is C20H22ClN3O2S. The minimum atomic E-state index is -3.51. The molecule has 0 spiro atoms. The fraction of sp³-hybridized carbons (Fsp3) is 0.350. The molecule has 0 amide bonds. The van der Waals surface area contributed by atoms with Gasteiger partial charge in [-0.25, -0.2) is 13.4 Å². The summed E-state index contributed by atoms with van der Waals surface area (Å²) in [6, 6.07) is 13.1. The lowest BCUT2D eigenvalue weighted by Crippen LogP contribution is -2.39. The Balaban J connectivity index is 1.46. The normalized spacial score (nSPS) is 16.8. The van der Waals surface area contributed by atoms with Crippen LogP contribution in [0, 0.1) is 12.8 Å². The second-order valence-corrected chi connectivity index (χ2v) is 9.41. The molecule has 1 aromatic heterocycles. The third-order valence-electron chi connectivity index (χ3n) is 5.39. The van der Waals surface area contributed by atoms with Gasteiger partial charge in [0.2, 0.25) is 10.0 Å². The maximum Gasteiger partial charge on any atom is 0.243 e. The van der Waals surface area contributed by atoms with Crippen molar-refractivity contribution in [1.82, 2.24) is 13.9 Å². The Bertz CT molecular complexity index is 1070. The van der Waals surface area contributed by atoms with E-state index < -0.39 is 10.0 Å². The van der Waals surface area contributed by atoms with Crippen molar-refractivity contribution in [3.05, 3.63) is 59.4 Å². The minimum Gasteiger partial charge on any atom is -0.330 e. The maximum atomic E-state index is 13.0. The first-order valence-electron chi connectivity index (χ1n) is 9.12. The zero-order valence-electron chi connectivity index (χ0n) is 15.2. The monoisotopic (exact) mass is 403 g/mol. The molecule has 0 radical (unpaired) electrons. The number of hydrogen-bond acceptors (Lipinski definition) is 3. The van der Waals surface area contributed by atoms with Crippen molar-refractivity contribution in [1.29, 1.82) is 0 Å². The lowest BCUT2D eigenvalue weighted by atomic mass is 9.98. The predicted octanol–water partition coefficient (Wildman–Crippen LogP) is 4.10. The van der Waals surface area contributed by atoms with E-state index in [1.807, 2.05) is 24.5 Å². The van der Waals surface area contributed by atoms with E-state index in [1.54, 1.807) is 29.4 Å². The Kier molecular flexibility index (Phi) is 4.97. The molecule has 4 rings (SSSR count). The largest absolute Gasteiger partial charge is 0.330 e. The summed E-state index contributed by atoms with van der Waals surface area (Å²) in [7, 11) is -3.51. The second-order valence-electron chi connectivity index (χ2n) is 7.10. The number of para-hydroxylation sites is 2. The van der Waals surface area contributed by atoms with Gasteiger partial charge in [0.15, 0.2) is 0 Å². The van der Waals surface area contributed by atoms with Crippen molar-refractivity contribution in [2.75, 3.05) is 13.1 Å². The van der Waals surface area contributed by atoms with Crippen LogP contribution in [0.1, 0.15) is 18.4 Å². The van der Waals surface area contributed by atoms with Gasteiger partial charge in [0.1, 0.15) is 0 Å². The number of halogens is 1. The number of hydrogen-bond donors (Lipinski definition) is 0. The highest BCUT2D eigenvalue weighted by atomic mass is 35.5. The van der Waals surface area contributed by atoms with E-state index in [9.17, 15) is 8.42 Å². The smallest absolute Gasteiger partial charge is 0.243 e. The first-order chi connectivity index (χ1) is 13.0. The number of piperidine rings is 1. The Hall–Kier alpha value is -1.89. The molecule has 0 aliphatic carbocycles. The molecule has 1 fully saturated rings. The van der Waals surface area contributed by atoms with Crippen molar-refractivity contribution in [2.24, 2.45) is 5.92 Å². The second kappa shape index (κ2) is 7.26. The summed E-state index contributed by atoms with van der Waals surface area (Å²) in [6.45, 7) is 3.69. The molecule has 142 valence electrons. The van der Waals surface area contributed by atoms with Crippen LogP contribution in [0.4, 0.5) is 0 Å². The zero-order chi connectivity index (χ0) is 19.0. The van der Waals surface area contributed by atoms with Gasteiger partial charge in [0.25, 0.3) is 0 Å². The average molecular weight is 404 g/mol. The molecule has 0 N–H and O–H groups in total. The summed E-state index contributed by atoms with van der Waals surface area (Å²) in [5, 5.41) is 0.484. The number of fused-ring (bicyclic) bond motifs is 1.